The predicted molar refractivity (Wildman–Crippen MR) is 120 cm³/mol. The Morgan fingerprint density at radius 3 is 2.73 bits per heavy atom. The minimum atomic E-state index is 0.236. The molecule has 3 aromatic rings. The van der Waals surface area contributed by atoms with Crippen LogP contribution in [0.1, 0.15) is 48.7 Å². The van der Waals surface area contributed by atoms with Crippen molar-refractivity contribution in [2.75, 3.05) is 31.1 Å². The van der Waals surface area contributed by atoms with Gasteiger partial charge in [0.2, 0.25) is 0 Å². The summed E-state index contributed by atoms with van der Waals surface area (Å²) in [4.78, 5) is 14.2. The van der Waals surface area contributed by atoms with E-state index >= 15 is 0 Å². The van der Waals surface area contributed by atoms with Gasteiger partial charge in [-0.05, 0) is 43.5 Å². The predicted octanol–water partition coefficient (Wildman–Crippen LogP) is 4.58. The van der Waals surface area contributed by atoms with Gasteiger partial charge in [-0.15, -0.1) is 0 Å². The van der Waals surface area contributed by atoms with Crippen LogP contribution in [0.15, 0.2) is 41.1 Å². The number of anilines is 1. The Morgan fingerprint density at radius 1 is 1.07 bits per heavy atom. The monoisotopic (exact) mass is 405 g/mol. The van der Waals surface area contributed by atoms with Crippen LogP contribution in [0, 0.1) is 13.8 Å². The highest BCUT2D eigenvalue weighted by molar-refractivity contribution is 5.69. The Bertz CT molecular complexity index is 997. The number of hydrogen-bond acceptors (Lipinski definition) is 6. The van der Waals surface area contributed by atoms with Crippen LogP contribution >= 0.6 is 0 Å². The highest BCUT2D eigenvalue weighted by Gasteiger charge is 2.22. The second-order valence-electron chi connectivity index (χ2n) is 8.53. The number of aromatic nitrogens is 3. The van der Waals surface area contributed by atoms with E-state index < -0.39 is 0 Å². The summed E-state index contributed by atoms with van der Waals surface area (Å²) in [5.74, 6) is 2.46. The van der Waals surface area contributed by atoms with Crippen molar-refractivity contribution in [3.05, 3.63) is 59.0 Å². The van der Waals surface area contributed by atoms with Crippen LogP contribution in [-0.4, -0.2) is 46.2 Å². The van der Waals surface area contributed by atoms with E-state index in [9.17, 15) is 0 Å². The molecule has 0 spiro atoms. The quantitative estimate of drug-likeness (QED) is 0.619. The van der Waals surface area contributed by atoms with Gasteiger partial charge in [-0.1, -0.05) is 42.8 Å². The molecule has 30 heavy (non-hydrogen) atoms. The molecule has 2 aromatic heterocycles. The lowest BCUT2D eigenvalue weighted by Gasteiger charge is -2.24. The largest absolute Gasteiger partial charge is 0.355 e. The van der Waals surface area contributed by atoms with E-state index in [1.54, 1.807) is 0 Å². The lowest BCUT2D eigenvalue weighted by Crippen LogP contribution is -2.31. The zero-order valence-corrected chi connectivity index (χ0v) is 18.4. The van der Waals surface area contributed by atoms with Crippen molar-refractivity contribution in [3.8, 4) is 11.5 Å². The average Bonchev–Trinajstić information content (AvgIpc) is 3.12. The van der Waals surface area contributed by atoms with Gasteiger partial charge in [-0.3, -0.25) is 4.90 Å². The Morgan fingerprint density at radius 2 is 1.93 bits per heavy atom. The molecule has 1 aliphatic heterocycles. The van der Waals surface area contributed by atoms with Gasteiger partial charge in [-0.2, -0.15) is 4.98 Å². The summed E-state index contributed by atoms with van der Waals surface area (Å²) in [6, 6.07) is 10.7. The van der Waals surface area contributed by atoms with Gasteiger partial charge in [0.15, 0.2) is 5.82 Å². The molecule has 4 rings (SSSR count). The zero-order valence-electron chi connectivity index (χ0n) is 18.4. The molecule has 6 nitrogen and oxygen atoms in total. The van der Waals surface area contributed by atoms with Crippen molar-refractivity contribution in [2.24, 2.45) is 0 Å². The third-order valence-electron chi connectivity index (χ3n) is 5.76. The maximum absolute atomic E-state index is 5.56. The first-order chi connectivity index (χ1) is 14.5. The first-order valence-corrected chi connectivity index (χ1v) is 10.8. The molecule has 1 aromatic carbocycles. The van der Waals surface area contributed by atoms with E-state index in [0.717, 1.165) is 56.4 Å². The zero-order chi connectivity index (χ0) is 21.1. The normalized spacial score (nSPS) is 15.6. The van der Waals surface area contributed by atoms with Gasteiger partial charge in [0.25, 0.3) is 5.89 Å². The highest BCUT2D eigenvalue weighted by atomic mass is 16.5. The summed E-state index contributed by atoms with van der Waals surface area (Å²) >= 11 is 0. The second-order valence-corrected chi connectivity index (χ2v) is 8.53. The van der Waals surface area contributed by atoms with E-state index in [2.05, 4.69) is 70.8 Å². The maximum atomic E-state index is 5.56. The molecule has 0 aliphatic carbocycles. The first kappa shape index (κ1) is 20.5. The second kappa shape index (κ2) is 8.96. The van der Waals surface area contributed by atoms with E-state index in [1.807, 2.05) is 18.3 Å². The fraction of sp³-hybridized carbons (Fsp3) is 0.458. The van der Waals surface area contributed by atoms with E-state index in [4.69, 9.17) is 4.52 Å². The summed E-state index contributed by atoms with van der Waals surface area (Å²) in [6.07, 6.45) is 2.94. The minimum Gasteiger partial charge on any atom is -0.355 e. The van der Waals surface area contributed by atoms with Crippen molar-refractivity contribution in [2.45, 2.75) is 46.6 Å². The topological polar surface area (TPSA) is 58.3 Å². The molecule has 0 atom stereocenters. The van der Waals surface area contributed by atoms with Crippen molar-refractivity contribution in [1.29, 1.82) is 0 Å². The van der Waals surface area contributed by atoms with Gasteiger partial charge in [0.05, 0.1) is 5.56 Å². The van der Waals surface area contributed by atoms with Crippen LogP contribution in [0.5, 0.6) is 0 Å². The number of hydrogen-bond donors (Lipinski definition) is 0. The number of aryl methyl sites for hydroxylation is 2. The van der Waals surface area contributed by atoms with Crippen LogP contribution in [0.2, 0.25) is 0 Å². The summed E-state index contributed by atoms with van der Waals surface area (Å²) in [5.41, 5.74) is 5.03. The molecule has 0 saturated carbocycles. The molecule has 6 heteroatoms. The molecule has 1 saturated heterocycles. The molecule has 0 amide bonds. The van der Waals surface area contributed by atoms with Gasteiger partial charge < -0.3 is 9.42 Å². The van der Waals surface area contributed by atoms with Gasteiger partial charge in [0.1, 0.15) is 5.82 Å². The van der Waals surface area contributed by atoms with Crippen LogP contribution in [-0.2, 0) is 6.54 Å². The lowest BCUT2D eigenvalue weighted by molar-refractivity contribution is 0.285. The third-order valence-corrected chi connectivity index (χ3v) is 5.76. The summed E-state index contributed by atoms with van der Waals surface area (Å²) < 4.78 is 5.56. The fourth-order valence-electron chi connectivity index (χ4n) is 3.95. The van der Waals surface area contributed by atoms with Gasteiger partial charge in [0, 0.05) is 44.8 Å². The van der Waals surface area contributed by atoms with Crippen molar-refractivity contribution in [3.63, 3.8) is 0 Å². The van der Waals surface area contributed by atoms with E-state index in [1.165, 1.54) is 16.7 Å². The molecule has 0 bridgehead atoms. The molecule has 0 radical (unpaired) electrons. The minimum absolute atomic E-state index is 0.236. The SMILES string of the molecule is Cc1ccc(C)c(CN2CCCN(c3ncccc3-c3nc(C(C)C)no3)CC2)c1. The fourth-order valence-corrected chi connectivity index (χ4v) is 3.95. The number of benzene rings is 1. The number of rotatable bonds is 5. The summed E-state index contributed by atoms with van der Waals surface area (Å²) in [7, 11) is 0. The average molecular weight is 406 g/mol. The van der Waals surface area contributed by atoms with Crippen molar-refractivity contribution in [1.82, 2.24) is 20.0 Å². The first-order valence-electron chi connectivity index (χ1n) is 10.8. The Labute approximate surface area is 178 Å². The third kappa shape index (κ3) is 4.54. The smallest absolute Gasteiger partial charge is 0.261 e. The van der Waals surface area contributed by atoms with Gasteiger partial charge >= 0.3 is 0 Å². The molecule has 1 aliphatic rings. The highest BCUT2D eigenvalue weighted by Crippen LogP contribution is 2.29. The molecule has 0 unspecified atom stereocenters. The van der Waals surface area contributed by atoms with Crippen molar-refractivity contribution < 1.29 is 4.52 Å². The number of pyridine rings is 1. The summed E-state index contributed by atoms with van der Waals surface area (Å²) in [5, 5.41) is 4.13. The standard InChI is InChI=1S/C24H31N5O/c1-17(2)22-26-24(30-27-22)21-7-5-10-25-23(21)29-12-6-11-28(13-14-29)16-20-15-18(3)8-9-19(20)4/h5,7-10,15,17H,6,11-14,16H2,1-4H3. The molecule has 1 fully saturated rings. The van der Waals surface area contributed by atoms with Gasteiger partial charge in [-0.25, -0.2) is 4.98 Å². The van der Waals surface area contributed by atoms with Crippen LogP contribution in [0.3, 0.4) is 0 Å². The lowest BCUT2D eigenvalue weighted by atomic mass is 10.1. The summed E-state index contributed by atoms with van der Waals surface area (Å²) in [6.45, 7) is 13.5. The van der Waals surface area contributed by atoms with Crippen LogP contribution in [0.25, 0.3) is 11.5 Å². The molecule has 3 heterocycles. The maximum Gasteiger partial charge on any atom is 0.261 e. The molecule has 158 valence electrons. The molecule has 0 N–H and O–H groups in total. The Kier molecular flexibility index (Phi) is 6.13. The Balaban J connectivity index is 1.50. The van der Waals surface area contributed by atoms with Crippen molar-refractivity contribution >= 4 is 5.82 Å². The Hall–Kier alpha value is -2.73. The van der Waals surface area contributed by atoms with E-state index in [0.29, 0.717) is 5.89 Å². The van der Waals surface area contributed by atoms with E-state index in [-0.39, 0.29) is 5.92 Å². The molecular weight excluding hydrogens is 374 g/mol. The number of nitrogens with zero attached hydrogens (tertiary/aromatic N) is 5. The molecular formula is C24H31N5O. The van der Waals surface area contributed by atoms with Crippen LogP contribution < -0.4 is 4.90 Å². The van der Waals surface area contributed by atoms with Crippen LogP contribution in [0.4, 0.5) is 5.82 Å².